The highest BCUT2D eigenvalue weighted by Gasteiger charge is 2.29. The molecule has 4 N–H and O–H groups in total. The van der Waals surface area contributed by atoms with Crippen molar-refractivity contribution < 1.29 is 9.53 Å². The van der Waals surface area contributed by atoms with Gasteiger partial charge in [-0.1, -0.05) is 25.4 Å². The number of primary amides is 1. The second-order valence-electron chi connectivity index (χ2n) is 6.23. The molecule has 1 aliphatic rings. The van der Waals surface area contributed by atoms with Crippen LogP contribution in [0.15, 0.2) is 12.1 Å². The van der Waals surface area contributed by atoms with Gasteiger partial charge in [0.15, 0.2) is 5.75 Å². The predicted octanol–water partition coefficient (Wildman–Crippen LogP) is 3.37. The van der Waals surface area contributed by atoms with Gasteiger partial charge in [0.25, 0.3) is 5.91 Å². The lowest BCUT2D eigenvalue weighted by molar-refractivity contribution is 0.0924. The van der Waals surface area contributed by atoms with Gasteiger partial charge < -0.3 is 16.2 Å². The number of carbonyl (C=O) groups excluding carboxylic acids is 1. The highest BCUT2D eigenvalue weighted by molar-refractivity contribution is 6.33. The fraction of sp³-hybridized carbons (Fsp3) is 0.533. The summed E-state index contributed by atoms with van der Waals surface area (Å²) < 4.78 is 5.94. The quantitative estimate of drug-likeness (QED) is 0.839. The third-order valence-electron chi connectivity index (χ3n) is 3.90. The van der Waals surface area contributed by atoms with Crippen molar-refractivity contribution >= 4 is 23.2 Å². The van der Waals surface area contributed by atoms with Crippen LogP contribution in [0.25, 0.3) is 0 Å². The van der Waals surface area contributed by atoms with Crippen LogP contribution in [-0.4, -0.2) is 12.0 Å². The molecule has 1 aromatic rings. The molecule has 110 valence electrons. The van der Waals surface area contributed by atoms with E-state index in [9.17, 15) is 4.79 Å². The summed E-state index contributed by atoms with van der Waals surface area (Å²) in [7, 11) is 0. The highest BCUT2D eigenvalue weighted by atomic mass is 35.5. The van der Waals surface area contributed by atoms with Crippen molar-refractivity contribution in [2.75, 3.05) is 5.73 Å². The van der Waals surface area contributed by atoms with E-state index in [1.807, 2.05) is 0 Å². The minimum atomic E-state index is -0.578. The predicted molar refractivity (Wildman–Crippen MR) is 81.0 cm³/mol. The first-order valence-electron chi connectivity index (χ1n) is 6.84. The zero-order valence-corrected chi connectivity index (χ0v) is 12.7. The van der Waals surface area contributed by atoms with Gasteiger partial charge in [-0.25, -0.2) is 0 Å². The number of nitrogen functional groups attached to an aromatic ring is 1. The number of amides is 1. The Kier molecular flexibility index (Phi) is 4.14. The Morgan fingerprint density at radius 3 is 2.50 bits per heavy atom. The molecule has 20 heavy (non-hydrogen) atoms. The molecule has 4 nitrogen and oxygen atoms in total. The van der Waals surface area contributed by atoms with Crippen molar-refractivity contribution in [3.63, 3.8) is 0 Å². The van der Waals surface area contributed by atoms with Crippen LogP contribution in [0.3, 0.4) is 0 Å². The molecule has 0 aliphatic heterocycles. The third-order valence-corrected chi connectivity index (χ3v) is 4.18. The molecule has 0 radical (unpaired) electrons. The van der Waals surface area contributed by atoms with E-state index in [0.29, 0.717) is 21.9 Å². The SMILES string of the molecule is CC1(C)CCC(Oc2c(Cl)cc(N)cc2C(N)=O)CC1. The number of hydrogen-bond acceptors (Lipinski definition) is 3. The summed E-state index contributed by atoms with van der Waals surface area (Å²) in [6.07, 6.45) is 4.16. The number of nitrogens with two attached hydrogens (primary N) is 2. The topological polar surface area (TPSA) is 78.3 Å². The van der Waals surface area contributed by atoms with Crippen LogP contribution in [0.5, 0.6) is 5.75 Å². The molecule has 1 saturated carbocycles. The summed E-state index contributed by atoms with van der Waals surface area (Å²) in [5.74, 6) is -0.219. The second kappa shape index (κ2) is 5.52. The van der Waals surface area contributed by atoms with Gasteiger partial charge in [0.2, 0.25) is 0 Å². The zero-order valence-electron chi connectivity index (χ0n) is 11.9. The molecule has 1 fully saturated rings. The minimum Gasteiger partial charge on any atom is -0.488 e. The zero-order chi connectivity index (χ0) is 14.9. The molecule has 0 bridgehead atoms. The van der Waals surface area contributed by atoms with Gasteiger partial charge in [-0.2, -0.15) is 0 Å². The first-order valence-corrected chi connectivity index (χ1v) is 7.22. The maximum atomic E-state index is 11.5. The Labute approximate surface area is 124 Å². The lowest BCUT2D eigenvalue weighted by Crippen LogP contribution is -2.29. The van der Waals surface area contributed by atoms with Crippen molar-refractivity contribution in [2.24, 2.45) is 11.1 Å². The Balaban J connectivity index is 2.19. The molecule has 5 heteroatoms. The number of ether oxygens (including phenoxy) is 1. The first kappa shape index (κ1) is 15.0. The average Bonchev–Trinajstić information content (AvgIpc) is 2.34. The van der Waals surface area contributed by atoms with Gasteiger partial charge in [-0.3, -0.25) is 4.79 Å². The van der Waals surface area contributed by atoms with Crippen LogP contribution in [-0.2, 0) is 0 Å². The molecule has 0 atom stereocenters. The van der Waals surface area contributed by atoms with E-state index in [-0.39, 0.29) is 11.7 Å². The van der Waals surface area contributed by atoms with E-state index in [1.54, 1.807) is 6.07 Å². The smallest absolute Gasteiger partial charge is 0.252 e. The monoisotopic (exact) mass is 296 g/mol. The van der Waals surface area contributed by atoms with E-state index < -0.39 is 5.91 Å². The fourth-order valence-corrected chi connectivity index (χ4v) is 2.85. The maximum absolute atomic E-state index is 11.5. The van der Waals surface area contributed by atoms with E-state index >= 15 is 0 Å². The number of rotatable bonds is 3. The van der Waals surface area contributed by atoms with Gasteiger partial charge in [0.1, 0.15) is 0 Å². The summed E-state index contributed by atoms with van der Waals surface area (Å²) in [4.78, 5) is 11.5. The van der Waals surface area contributed by atoms with Crippen molar-refractivity contribution in [3.8, 4) is 5.75 Å². The van der Waals surface area contributed by atoms with Gasteiger partial charge in [-0.05, 0) is 43.2 Å². The summed E-state index contributed by atoms with van der Waals surface area (Å²) in [5, 5.41) is 0.337. The van der Waals surface area contributed by atoms with Crippen molar-refractivity contribution in [2.45, 2.75) is 45.6 Å². The van der Waals surface area contributed by atoms with E-state index in [0.717, 1.165) is 25.7 Å². The number of hydrogen-bond donors (Lipinski definition) is 2. The summed E-state index contributed by atoms with van der Waals surface area (Å²) in [5.41, 5.74) is 12.1. The van der Waals surface area contributed by atoms with Crippen molar-refractivity contribution in [3.05, 3.63) is 22.7 Å². The standard InChI is InChI=1S/C15H21ClN2O2/c1-15(2)5-3-10(4-6-15)20-13-11(14(18)19)7-9(17)8-12(13)16/h7-8,10H,3-6,17H2,1-2H3,(H2,18,19). The van der Waals surface area contributed by atoms with Gasteiger partial charge in [0.05, 0.1) is 16.7 Å². The van der Waals surface area contributed by atoms with Gasteiger partial charge in [0, 0.05) is 5.69 Å². The lowest BCUT2D eigenvalue weighted by Gasteiger charge is -2.34. The highest BCUT2D eigenvalue weighted by Crippen LogP contribution is 2.39. The molecule has 0 heterocycles. The molecule has 1 aromatic carbocycles. The second-order valence-corrected chi connectivity index (χ2v) is 6.63. The first-order chi connectivity index (χ1) is 9.28. The average molecular weight is 297 g/mol. The van der Waals surface area contributed by atoms with Gasteiger partial charge in [-0.15, -0.1) is 0 Å². The van der Waals surface area contributed by atoms with Crippen LogP contribution in [0, 0.1) is 5.41 Å². The molecule has 1 amide bonds. The van der Waals surface area contributed by atoms with Crippen molar-refractivity contribution in [1.82, 2.24) is 0 Å². The Morgan fingerprint density at radius 1 is 1.35 bits per heavy atom. The normalized spacial score (nSPS) is 18.8. The van der Waals surface area contributed by atoms with Crippen LogP contribution in [0.4, 0.5) is 5.69 Å². The molecule has 2 rings (SSSR count). The lowest BCUT2D eigenvalue weighted by atomic mass is 9.76. The summed E-state index contributed by atoms with van der Waals surface area (Å²) >= 11 is 6.14. The molecule has 0 aromatic heterocycles. The minimum absolute atomic E-state index is 0.0715. The van der Waals surface area contributed by atoms with Crippen LogP contribution < -0.4 is 16.2 Å². The van der Waals surface area contributed by atoms with E-state index in [2.05, 4.69) is 13.8 Å². The number of halogens is 1. The largest absolute Gasteiger partial charge is 0.488 e. The molecule has 0 spiro atoms. The van der Waals surface area contributed by atoms with E-state index in [4.69, 9.17) is 27.8 Å². The summed E-state index contributed by atoms with van der Waals surface area (Å²) in [6.45, 7) is 4.52. The van der Waals surface area contributed by atoms with Crippen LogP contribution in [0.1, 0.15) is 49.9 Å². The van der Waals surface area contributed by atoms with Gasteiger partial charge >= 0.3 is 0 Å². The van der Waals surface area contributed by atoms with E-state index in [1.165, 1.54) is 6.07 Å². The molecule has 0 unspecified atom stereocenters. The number of anilines is 1. The third kappa shape index (κ3) is 3.37. The van der Waals surface area contributed by atoms with Crippen LogP contribution >= 0.6 is 11.6 Å². The molecular weight excluding hydrogens is 276 g/mol. The Morgan fingerprint density at radius 2 is 1.95 bits per heavy atom. The molecule has 1 aliphatic carbocycles. The molecule has 0 saturated heterocycles. The molecular formula is C15H21ClN2O2. The summed E-state index contributed by atoms with van der Waals surface area (Å²) in [6, 6.07) is 3.09. The number of carbonyl (C=O) groups is 1. The Hall–Kier alpha value is -1.42. The Bertz CT molecular complexity index is 519. The van der Waals surface area contributed by atoms with Crippen LogP contribution in [0.2, 0.25) is 5.02 Å². The maximum Gasteiger partial charge on any atom is 0.252 e. The number of benzene rings is 1. The fourth-order valence-electron chi connectivity index (χ4n) is 2.57. The van der Waals surface area contributed by atoms with Crippen molar-refractivity contribution in [1.29, 1.82) is 0 Å².